The average Bonchev–Trinajstić information content (AvgIpc) is 2.69. The second-order valence-corrected chi connectivity index (χ2v) is 3.49. The summed E-state index contributed by atoms with van der Waals surface area (Å²) in [6, 6.07) is 3.74. The van der Waals surface area contributed by atoms with Crippen LogP contribution in [-0.2, 0) is 6.54 Å². The summed E-state index contributed by atoms with van der Waals surface area (Å²) >= 11 is 1.58. The number of thiazole rings is 1. The fraction of sp³-hybridized carbons (Fsp3) is 0.111. The maximum absolute atomic E-state index is 5.67. The molecule has 2 heterocycles. The van der Waals surface area contributed by atoms with Gasteiger partial charge in [-0.05, 0) is 12.1 Å². The minimum Gasteiger partial charge on any atom is -0.382 e. The Hall–Kier alpha value is -1.62. The molecule has 14 heavy (non-hydrogen) atoms. The number of nitrogens with zero attached hydrogens (tertiary/aromatic N) is 2. The Morgan fingerprint density at radius 1 is 1.43 bits per heavy atom. The number of pyridine rings is 1. The molecule has 0 aliphatic rings. The van der Waals surface area contributed by atoms with Gasteiger partial charge in [-0.25, -0.2) is 9.97 Å². The lowest BCUT2D eigenvalue weighted by Crippen LogP contribution is -2.03. The van der Waals surface area contributed by atoms with E-state index in [0.717, 1.165) is 11.4 Å². The predicted octanol–water partition coefficient (Wildman–Crippen LogP) is 1.73. The van der Waals surface area contributed by atoms with Crippen molar-refractivity contribution in [3.8, 4) is 0 Å². The summed E-state index contributed by atoms with van der Waals surface area (Å²) in [5, 5.41) is 5.17. The van der Waals surface area contributed by atoms with E-state index in [-0.39, 0.29) is 0 Å². The molecule has 0 atom stereocenters. The first-order valence-electron chi connectivity index (χ1n) is 4.17. The van der Waals surface area contributed by atoms with E-state index in [0.29, 0.717) is 12.4 Å². The molecule has 5 heteroatoms. The third-order valence-electron chi connectivity index (χ3n) is 1.78. The summed E-state index contributed by atoms with van der Waals surface area (Å²) in [5.41, 5.74) is 9.34. The van der Waals surface area contributed by atoms with Gasteiger partial charge in [-0.2, -0.15) is 0 Å². The second kappa shape index (κ2) is 4.06. The maximum Gasteiger partial charge on any atom is 0.146 e. The Balaban J connectivity index is 2.02. The van der Waals surface area contributed by atoms with Crippen molar-refractivity contribution in [3.05, 3.63) is 34.9 Å². The molecule has 0 radical (unpaired) electrons. The third-order valence-corrected chi connectivity index (χ3v) is 2.42. The molecule has 4 nitrogen and oxygen atoms in total. The smallest absolute Gasteiger partial charge is 0.146 e. The topological polar surface area (TPSA) is 63.8 Å². The fourth-order valence-electron chi connectivity index (χ4n) is 1.08. The van der Waals surface area contributed by atoms with Crippen LogP contribution in [0.25, 0.3) is 0 Å². The zero-order valence-corrected chi connectivity index (χ0v) is 8.29. The van der Waals surface area contributed by atoms with Crippen LogP contribution in [-0.4, -0.2) is 9.97 Å². The number of aromatic nitrogens is 2. The van der Waals surface area contributed by atoms with E-state index >= 15 is 0 Å². The van der Waals surface area contributed by atoms with Crippen molar-refractivity contribution >= 4 is 22.8 Å². The molecule has 0 aliphatic heterocycles. The average molecular weight is 206 g/mol. The van der Waals surface area contributed by atoms with Crippen LogP contribution in [0.4, 0.5) is 11.5 Å². The van der Waals surface area contributed by atoms with E-state index < -0.39 is 0 Å². The number of hydrogen-bond donors (Lipinski definition) is 2. The quantitative estimate of drug-likeness (QED) is 0.802. The van der Waals surface area contributed by atoms with Crippen molar-refractivity contribution in [3.63, 3.8) is 0 Å². The monoisotopic (exact) mass is 206 g/mol. The van der Waals surface area contributed by atoms with Gasteiger partial charge in [-0.3, -0.25) is 0 Å². The van der Waals surface area contributed by atoms with Crippen LogP contribution >= 0.6 is 11.3 Å². The lowest BCUT2D eigenvalue weighted by Gasteiger charge is -2.05. The summed E-state index contributed by atoms with van der Waals surface area (Å²) in [5.74, 6) is 0.516. The first-order chi connectivity index (χ1) is 6.86. The minimum atomic E-state index is 0.516. The van der Waals surface area contributed by atoms with Crippen LogP contribution in [0.2, 0.25) is 0 Å². The van der Waals surface area contributed by atoms with E-state index in [1.54, 1.807) is 17.5 Å². The highest BCUT2D eigenvalue weighted by Crippen LogP contribution is 2.14. The summed E-state index contributed by atoms with van der Waals surface area (Å²) in [7, 11) is 0. The number of nitrogens with one attached hydrogen (secondary N) is 1. The highest BCUT2D eigenvalue weighted by atomic mass is 32.1. The molecule has 0 bridgehead atoms. The molecule has 0 amide bonds. The highest BCUT2D eigenvalue weighted by Gasteiger charge is 1.98. The Kier molecular flexibility index (Phi) is 2.60. The van der Waals surface area contributed by atoms with Crippen molar-refractivity contribution < 1.29 is 0 Å². The van der Waals surface area contributed by atoms with E-state index in [4.69, 9.17) is 5.73 Å². The van der Waals surface area contributed by atoms with Crippen molar-refractivity contribution in [2.75, 3.05) is 11.1 Å². The Labute approximate surface area is 85.8 Å². The molecule has 0 fully saturated rings. The van der Waals surface area contributed by atoms with Gasteiger partial charge in [-0.1, -0.05) is 0 Å². The van der Waals surface area contributed by atoms with Gasteiger partial charge in [0, 0.05) is 11.6 Å². The molecule has 72 valence electrons. The van der Waals surface area contributed by atoms with Gasteiger partial charge in [0.05, 0.1) is 23.4 Å². The summed E-state index contributed by atoms with van der Waals surface area (Å²) < 4.78 is 0. The zero-order valence-electron chi connectivity index (χ0n) is 7.47. The SMILES string of the molecule is Nc1ncccc1NCc1cscn1. The zero-order chi connectivity index (χ0) is 9.80. The first-order valence-corrected chi connectivity index (χ1v) is 5.12. The number of anilines is 2. The van der Waals surface area contributed by atoms with Crippen molar-refractivity contribution in [2.45, 2.75) is 6.54 Å². The van der Waals surface area contributed by atoms with Gasteiger partial charge in [0.1, 0.15) is 5.82 Å². The van der Waals surface area contributed by atoms with E-state index in [2.05, 4.69) is 15.3 Å². The Bertz CT molecular complexity index is 399. The van der Waals surface area contributed by atoms with Crippen LogP contribution in [0.3, 0.4) is 0 Å². The van der Waals surface area contributed by atoms with Gasteiger partial charge in [-0.15, -0.1) is 11.3 Å². The van der Waals surface area contributed by atoms with Crippen LogP contribution < -0.4 is 11.1 Å². The van der Waals surface area contributed by atoms with Gasteiger partial charge in [0.2, 0.25) is 0 Å². The molecular formula is C9H10N4S. The number of nitrogen functional groups attached to an aromatic ring is 1. The van der Waals surface area contributed by atoms with Crippen LogP contribution in [0.15, 0.2) is 29.2 Å². The van der Waals surface area contributed by atoms with Crippen molar-refractivity contribution in [1.29, 1.82) is 0 Å². The van der Waals surface area contributed by atoms with E-state index in [1.807, 2.05) is 23.0 Å². The molecule has 0 saturated heterocycles. The van der Waals surface area contributed by atoms with Gasteiger partial charge >= 0.3 is 0 Å². The van der Waals surface area contributed by atoms with Gasteiger partial charge < -0.3 is 11.1 Å². The minimum absolute atomic E-state index is 0.516. The molecule has 2 rings (SSSR count). The van der Waals surface area contributed by atoms with Crippen LogP contribution in [0.5, 0.6) is 0 Å². The van der Waals surface area contributed by atoms with Gasteiger partial charge in [0.25, 0.3) is 0 Å². The lowest BCUT2D eigenvalue weighted by molar-refractivity contribution is 1.07. The molecule has 0 aliphatic carbocycles. The standard InChI is InChI=1S/C9H10N4S/c10-9-8(2-1-3-11-9)12-4-7-5-14-6-13-7/h1-3,5-6,12H,4H2,(H2,10,11). The van der Waals surface area contributed by atoms with E-state index in [9.17, 15) is 0 Å². The molecule has 2 aromatic rings. The number of nitrogens with two attached hydrogens (primary N) is 1. The Morgan fingerprint density at radius 3 is 3.07 bits per heavy atom. The molecule has 0 aromatic carbocycles. The largest absolute Gasteiger partial charge is 0.382 e. The van der Waals surface area contributed by atoms with E-state index in [1.165, 1.54) is 0 Å². The summed E-state index contributed by atoms with van der Waals surface area (Å²) in [6.07, 6.45) is 1.67. The molecule has 3 N–H and O–H groups in total. The fourth-order valence-corrected chi connectivity index (χ4v) is 1.64. The number of rotatable bonds is 3. The van der Waals surface area contributed by atoms with Crippen LogP contribution in [0, 0.1) is 0 Å². The molecule has 0 spiro atoms. The predicted molar refractivity (Wildman–Crippen MR) is 58.1 cm³/mol. The summed E-state index contributed by atoms with van der Waals surface area (Å²) in [6.45, 7) is 0.680. The molecule has 0 unspecified atom stereocenters. The maximum atomic E-state index is 5.67. The number of hydrogen-bond acceptors (Lipinski definition) is 5. The third kappa shape index (κ3) is 2.00. The molecular weight excluding hydrogens is 196 g/mol. The van der Waals surface area contributed by atoms with Crippen molar-refractivity contribution in [2.24, 2.45) is 0 Å². The molecule has 0 saturated carbocycles. The second-order valence-electron chi connectivity index (χ2n) is 2.77. The van der Waals surface area contributed by atoms with Crippen molar-refractivity contribution in [1.82, 2.24) is 9.97 Å². The highest BCUT2D eigenvalue weighted by molar-refractivity contribution is 7.07. The van der Waals surface area contributed by atoms with Crippen LogP contribution in [0.1, 0.15) is 5.69 Å². The Morgan fingerprint density at radius 2 is 2.36 bits per heavy atom. The lowest BCUT2D eigenvalue weighted by atomic mass is 10.3. The van der Waals surface area contributed by atoms with Gasteiger partial charge in [0.15, 0.2) is 0 Å². The first kappa shape index (κ1) is 8.96. The summed E-state index contributed by atoms with van der Waals surface area (Å²) in [4.78, 5) is 8.13. The molecule has 2 aromatic heterocycles. The normalized spacial score (nSPS) is 10.0.